The second kappa shape index (κ2) is 7.28. The van der Waals surface area contributed by atoms with Crippen molar-refractivity contribution >= 4 is 29.0 Å². The first-order valence-corrected chi connectivity index (χ1v) is 7.48. The van der Waals surface area contributed by atoms with Crippen molar-refractivity contribution in [3.63, 3.8) is 0 Å². The second-order valence-corrected chi connectivity index (χ2v) is 5.91. The molecule has 4 heteroatoms. The first-order valence-electron chi connectivity index (χ1n) is 6.73. The smallest absolute Gasteiger partial charge is 0.189 e. The van der Waals surface area contributed by atoms with Gasteiger partial charge in [0.15, 0.2) is 5.78 Å². The lowest BCUT2D eigenvalue weighted by molar-refractivity contribution is 0.0629. The molecule has 0 aliphatic heterocycles. The van der Waals surface area contributed by atoms with Gasteiger partial charge in [0.25, 0.3) is 0 Å². The lowest BCUT2D eigenvalue weighted by Crippen LogP contribution is -2.17. The molecule has 0 heterocycles. The minimum absolute atomic E-state index is 0.0857. The Kier molecular flexibility index (Phi) is 5.68. The Morgan fingerprint density at radius 1 is 1.21 bits per heavy atom. The number of carbonyl (C=O) groups excluding carboxylic acids is 1. The summed E-state index contributed by atoms with van der Waals surface area (Å²) < 4.78 is 5.53. The molecule has 0 saturated heterocycles. The summed E-state index contributed by atoms with van der Waals surface area (Å²) in [5, 5.41) is 0.920. The summed E-state index contributed by atoms with van der Waals surface area (Å²) in [5.74, 6) is 0.528. The molecule has 1 fully saturated rings. The number of hydrogen-bond acceptors (Lipinski definition) is 2. The van der Waals surface area contributed by atoms with E-state index in [0.29, 0.717) is 28.1 Å². The fourth-order valence-electron chi connectivity index (χ4n) is 2.47. The molecule has 0 N–H and O–H groups in total. The highest BCUT2D eigenvalue weighted by atomic mass is 35.5. The third kappa shape index (κ3) is 4.48. The zero-order valence-electron chi connectivity index (χ0n) is 10.8. The van der Waals surface area contributed by atoms with Crippen molar-refractivity contribution < 1.29 is 9.53 Å². The van der Waals surface area contributed by atoms with Crippen molar-refractivity contribution in [2.24, 2.45) is 5.92 Å². The molecule has 0 radical (unpaired) electrons. The summed E-state index contributed by atoms with van der Waals surface area (Å²) in [5.41, 5.74) is 0.481. The summed E-state index contributed by atoms with van der Waals surface area (Å²) in [6.45, 7) is 0.773. The van der Waals surface area contributed by atoms with Crippen molar-refractivity contribution in [1.29, 1.82) is 0 Å². The van der Waals surface area contributed by atoms with Gasteiger partial charge in [0.05, 0.1) is 11.6 Å². The van der Waals surface area contributed by atoms with Crippen LogP contribution in [0.2, 0.25) is 10.0 Å². The molecule has 1 aliphatic rings. The van der Waals surface area contributed by atoms with Gasteiger partial charge in [0.2, 0.25) is 0 Å². The monoisotopic (exact) mass is 300 g/mol. The van der Waals surface area contributed by atoms with Gasteiger partial charge in [-0.1, -0.05) is 42.5 Å². The fraction of sp³-hybridized carbons (Fsp3) is 0.533. The Hall–Kier alpha value is -0.570. The normalized spacial score (nSPS) is 16.5. The van der Waals surface area contributed by atoms with E-state index in [0.717, 1.165) is 0 Å². The van der Waals surface area contributed by atoms with Crippen molar-refractivity contribution in [3.8, 4) is 0 Å². The van der Waals surface area contributed by atoms with E-state index in [1.54, 1.807) is 18.2 Å². The van der Waals surface area contributed by atoms with E-state index in [1.165, 1.54) is 32.1 Å². The van der Waals surface area contributed by atoms with Crippen molar-refractivity contribution in [2.75, 3.05) is 13.2 Å². The summed E-state index contributed by atoms with van der Waals surface area (Å²) in [7, 11) is 0. The van der Waals surface area contributed by atoms with Crippen LogP contribution in [0.1, 0.15) is 42.5 Å². The maximum atomic E-state index is 12.0. The number of ether oxygens (including phenoxy) is 1. The lowest BCUT2D eigenvalue weighted by atomic mass is 9.90. The average molecular weight is 301 g/mol. The van der Waals surface area contributed by atoms with Gasteiger partial charge in [-0.2, -0.15) is 0 Å². The summed E-state index contributed by atoms with van der Waals surface area (Å²) in [6, 6.07) is 4.90. The average Bonchev–Trinajstić information content (AvgIpc) is 2.39. The van der Waals surface area contributed by atoms with Crippen molar-refractivity contribution in [2.45, 2.75) is 32.1 Å². The van der Waals surface area contributed by atoms with Gasteiger partial charge in [0.1, 0.15) is 6.61 Å². The number of benzene rings is 1. The summed E-state index contributed by atoms with van der Waals surface area (Å²) >= 11 is 11.8. The zero-order valence-corrected chi connectivity index (χ0v) is 12.3. The van der Waals surface area contributed by atoms with Crippen LogP contribution in [0.15, 0.2) is 18.2 Å². The molecule has 0 aromatic heterocycles. The molecule has 2 nitrogen and oxygen atoms in total. The molecule has 0 bridgehead atoms. The van der Waals surface area contributed by atoms with Crippen molar-refractivity contribution in [3.05, 3.63) is 33.8 Å². The molecule has 0 atom stereocenters. The molecule has 0 spiro atoms. The van der Waals surface area contributed by atoms with Gasteiger partial charge >= 0.3 is 0 Å². The third-order valence-electron chi connectivity index (χ3n) is 3.54. The van der Waals surface area contributed by atoms with Crippen LogP contribution in [-0.4, -0.2) is 19.0 Å². The molecular weight excluding hydrogens is 283 g/mol. The van der Waals surface area contributed by atoms with Gasteiger partial charge < -0.3 is 4.74 Å². The molecule has 104 valence electrons. The van der Waals surface area contributed by atoms with Crippen LogP contribution in [0.5, 0.6) is 0 Å². The fourth-order valence-corrected chi connectivity index (χ4v) is 2.98. The highest BCUT2D eigenvalue weighted by molar-refractivity contribution is 6.36. The molecule has 1 saturated carbocycles. The quantitative estimate of drug-likeness (QED) is 0.732. The number of Topliss-reactive ketones (excluding diaryl/α,β-unsaturated/α-hetero) is 1. The number of rotatable bonds is 5. The van der Waals surface area contributed by atoms with Gasteiger partial charge in [-0.3, -0.25) is 4.79 Å². The van der Waals surface area contributed by atoms with Crippen molar-refractivity contribution in [1.82, 2.24) is 0 Å². The number of carbonyl (C=O) groups is 1. The molecule has 2 rings (SSSR count). The predicted molar refractivity (Wildman–Crippen MR) is 78.2 cm³/mol. The maximum absolute atomic E-state index is 12.0. The molecule has 0 unspecified atom stereocenters. The molecule has 0 amide bonds. The number of halogens is 2. The first-order chi connectivity index (χ1) is 9.16. The highest BCUT2D eigenvalue weighted by Gasteiger charge is 2.15. The SMILES string of the molecule is O=C(COCC1CCCCC1)c1ccc(Cl)cc1Cl. The van der Waals surface area contributed by atoms with Gasteiger partial charge in [0, 0.05) is 10.6 Å². The Morgan fingerprint density at radius 2 is 1.95 bits per heavy atom. The Bertz CT molecular complexity index is 440. The molecule has 1 aromatic rings. The van der Waals surface area contributed by atoms with Gasteiger partial charge in [-0.05, 0) is 37.0 Å². The Labute approximate surface area is 124 Å². The minimum atomic E-state index is -0.0857. The summed E-state index contributed by atoms with van der Waals surface area (Å²) in [6.07, 6.45) is 6.33. The van der Waals surface area contributed by atoms with E-state index in [1.807, 2.05) is 0 Å². The molecule has 1 aromatic carbocycles. The Morgan fingerprint density at radius 3 is 2.63 bits per heavy atom. The van der Waals surface area contributed by atoms with E-state index < -0.39 is 0 Å². The molecule has 1 aliphatic carbocycles. The number of hydrogen-bond donors (Lipinski definition) is 0. The first kappa shape index (κ1) is 14.8. The van der Waals surface area contributed by atoms with E-state index in [2.05, 4.69) is 0 Å². The predicted octanol–water partition coefficient (Wildman–Crippen LogP) is 4.77. The van der Waals surface area contributed by atoms with Crippen LogP contribution in [0.3, 0.4) is 0 Å². The van der Waals surface area contributed by atoms with Crippen LogP contribution in [0, 0.1) is 5.92 Å². The van der Waals surface area contributed by atoms with E-state index in [9.17, 15) is 4.79 Å². The zero-order chi connectivity index (χ0) is 13.7. The van der Waals surface area contributed by atoms with Crippen LogP contribution in [-0.2, 0) is 4.74 Å². The minimum Gasteiger partial charge on any atom is -0.373 e. The topological polar surface area (TPSA) is 26.3 Å². The van der Waals surface area contributed by atoms with E-state index >= 15 is 0 Å². The van der Waals surface area contributed by atoms with Crippen LogP contribution < -0.4 is 0 Å². The maximum Gasteiger partial charge on any atom is 0.189 e. The highest BCUT2D eigenvalue weighted by Crippen LogP contribution is 2.24. The lowest BCUT2D eigenvalue weighted by Gasteiger charge is -2.21. The van der Waals surface area contributed by atoms with Gasteiger partial charge in [-0.25, -0.2) is 0 Å². The van der Waals surface area contributed by atoms with Crippen LogP contribution in [0.4, 0.5) is 0 Å². The molecule has 19 heavy (non-hydrogen) atoms. The van der Waals surface area contributed by atoms with Crippen LogP contribution >= 0.6 is 23.2 Å². The van der Waals surface area contributed by atoms with E-state index in [4.69, 9.17) is 27.9 Å². The van der Waals surface area contributed by atoms with Crippen LogP contribution in [0.25, 0.3) is 0 Å². The Balaban J connectivity index is 1.80. The molecular formula is C15H18Cl2O2. The van der Waals surface area contributed by atoms with Gasteiger partial charge in [-0.15, -0.1) is 0 Å². The third-order valence-corrected chi connectivity index (χ3v) is 4.09. The summed E-state index contributed by atoms with van der Waals surface area (Å²) in [4.78, 5) is 12.0. The standard InChI is InChI=1S/C15H18Cl2O2/c16-12-6-7-13(14(17)8-12)15(18)10-19-9-11-4-2-1-3-5-11/h6-8,11H,1-5,9-10H2. The number of ketones is 1. The second-order valence-electron chi connectivity index (χ2n) is 5.07. The van der Waals surface area contributed by atoms with E-state index in [-0.39, 0.29) is 12.4 Å². The largest absolute Gasteiger partial charge is 0.373 e.